The molecule has 6 nitrogen and oxygen atoms in total. The lowest BCUT2D eigenvalue weighted by molar-refractivity contribution is 0.259. The molecule has 0 radical (unpaired) electrons. The Morgan fingerprint density at radius 1 is 0.912 bits per heavy atom. The van der Waals surface area contributed by atoms with Gasteiger partial charge in [0.25, 0.3) is 0 Å². The monoisotopic (exact) mass is 457 g/mol. The quantitative estimate of drug-likeness (QED) is 0.331. The zero-order chi connectivity index (χ0) is 23.3. The van der Waals surface area contributed by atoms with Crippen LogP contribution in [0.5, 0.6) is 5.88 Å². The van der Waals surface area contributed by atoms with Crippen molar-refractivity contribution in [1.29, 1.82) is 0 Å². The van der Waals surface area contributed by atoms with Crippen molar-refractivity contribution in [2.24, 2.45) is 0 Å². The largest absolute Gasteiger partial charge is 0.475 e. The van der Waals surface area contributed by atoms with E-state index >= 15 is 0 Å². The second-order valence-corrected chi connectivity index (χ2v) is 7.53. The number of nitrogens with zero attached hydrogens (tertiary/aromatic N) is 4. The topological polar surface area (TPSA) is 64.3 Å². The minimum Gasteiger partial charge on any atom is -0.475 e. The molecule has 0 bridgehead atoms. The van der Waals surface area contributed by atoms with Gasteiger partial charge in [-0.15, -0.1) is 0 Å². The second-order valence-electron chi connectivity index (χ2n) is 7.53. The third-order valence-electron chi connectivity index (χ3n) is 5.27. The minimum absolute atomic E-state index is 0.0821. The van der Waals surface area contributed by atoms with Gasteiger partial charge in [-0.25, -0.2) is 18.7 Å². The molecule has 2 aromatic carbocycles. The van der Waals surface area contributed by atoms with Crippen molar-refractivity contribution in [1.82, 2.24) is 19.6 Å². The normalized spacial score (nSPS) is 11.0. The molecule has 0 atom stereocenters. The Kier molecular flexibility index (Phi) is 6.11. The number of hydrogen-bond donors (Lipinski definition) is 1. The molecule has 3 aromatic heterocycles. The molecular weight excluding hydrogens is 436 g/mol. The molecule has 0 unspecified atom stereocenters. The Balaban J connectivity index is 1.60. The average Bonchev–Trinajstić information content (AvgIpc) is 3.28. The van der Waals surface area contributed by atoms with Crippen LogP contribution in [0, 0.1) is 5.82 Å². The van der Waals surface area contributed by atoms with Crippen LogP contribution in [0.1, 0.15) is 5.56 Å². The van der Waals surface area contributed by atoms with Gasteiger partial charge < -0.3 is 10.1 Å². The first-order chi connectivity index (χ1) is 16.7. The molecule has 0 aliphatic heterocycles. The summed E-state index contributed by atoms with van der Waals surface area (Å²) in [5, 5.41) is 7.98. The van der Waals surface area contributed by atoms with Crippen LogP contribution in [-0.4, -0.2) is 32.9 Å². The molecule has 0 aliphatic rings. The maximum Gasteiger partial charge on any atom is 0.223 e. The Labute approximate surface area is 194 Å². The van der Waals surface area contributed by atoms with Crippen molar-refractivity contribution in [2.75, 3.05) is 18.6 Å². The Hall–Kier alpha value is -4.33. The third kappa shape index (κ3) is 4.43. The molecule has 0 fully saturated rings. The fourth-order valence-corrected chi connectivity index (χ4v) is 3.72. The van der Waals surface area contributed by atoms with Crippen molar-refractivity contribution in [3.05, 3.63) is 96.4 Å². The van der Waals surface area contributed by atoms with Gasteiger partial charge in [-0.1, -0.05) is 36.4 Å². The summed E-state index contributed by atoms with van der Waals surface area (Å²) >= 11 is 0. The standard InChI is InChI=1S/C26H21F2N5O/c27-14-16-34-23-8-4-7-22-24(25(32-33(22)23)19-9-11-20(28)12-10-19)21-13-15-29-26(31-21)30-17-18-5-2-1-3-6-18/h1-13,15H,14,16-17H2,(H,29,30,31). The first kappa shape index (κ1) is 21.5. The number of benzene rings is 2. The van der Waals surface area contributed by atoms with Crippen LogP contribution in [0.4, 0.5) is 14.7 Å². The molecule has 0 saturated heterocycles. The first-order valence-electron chi connectivity index (χ1n) is 10.8. The summed E-state index contributed by atoms with van der Waals surface area (Å²) in [5.74, 6) is 0.535. The van der Waals surface area contributed by atoms with E-state index < -0.39 is 6.67 Å². The summed E-state index contributed by atoms with van der Waals surface area (Å²) in [4.78, 5) is 9.08. The summed E-state index contributed by atoms with van der Waals surface area (Å²) < 4.78 is 33.5. The Bertz CT molecular complexity index is 1400. The lowest BCUT2D eigenvalue weighted by Gasteiger charge is -2.08. The number of anilines is 1. The van der Waals surface area contributed by atoms with E-state index in [0.717, 1.165) is 16.6 Å². The summed E-state index contributed by atoms with van der Waals surface area (Å²) in [7, 11) is 0. The molecule has 170 valence electrons. The van der Waals surface area contributed by atoms with Gasteiger partial charge in [-0.3, -0.25) is 0 Å². The summed E-state index contributed by atoms with van der Waals surface area (Å²) in [5.41, 5.74) is 4.53. The highest BCUT2D eigenvalue weighted by atomic mass is 19.1. The maximum atomic E-state index is 13.6. The average molecular weight is 457 g/mol. The molecule has 34 heavy (non-hydrogen) atoms. The van der Waals surface area contributed by atoms with Gasteiger partial charge in [0.15, 0.2) is 0 Å². The van der Waals surface area contributed by atoms with Crippen LogP contribution < -0.4 is 10.1 Å². The molecule has 1 N–H and O–H groups in total. The predicted molar refractivity (Wildman–Crippen MR) is 127 cm³/mol. The molecule has 0 spiro atoms. The van der Waals surface area contributed by atoms with Crippen molar-refractivity contribution in [2.45, 2.75) is 6.54 Å². The molecule has 5 rings (SSSR count). The summed E-state index contributed by atoms with van der Waals surface area (Å²) in [6, 6.07) is 23.3. The second kappa shape index (κ2) is 9.66. The summed E-state index contributed by atoms with van der Waals surface area (Å²) in [6.45, 7) is -0.121. The van der Waals surface area contributed by atoms with Gasteiger partial charge in [0.1, 0.15) is 24.8 Å². The van der Waals surface area contributed by atoms with Gasteiger partial charge in [-0.2, -0.15) is 9.61 Å². The van der Waals surface area contributed by atoms with Crippen LogP contribution in [-0.2, 0) is 6.54 Å². The molecule has 3 heterocycles. The smallest absolute Gasteiger partial charge is 0.223 e. The number of aromatic nitrogens is 4. The van der Waals surface area contributed by atoms with Crippen molar-refractivity contribution < 1.29 is 13.5 Å². The lowest BCUT2D eigenvalue weighted by Crippen LogP contribution is -2.04. The first-order valence-corrected chi connectivity index (χ1v) is 10.8. The molecule has 0 aliphatic carbocycles. The fraction of sp³-hybridized carbons (Fsp3) is 0.115. The highest BCUT2D eigenvalue weighted by molar-refractivity contribution is 5.91. The SMILES string of the molecule is FCCOc1cccc2c(-c3ccnc(NCc4ccccc4)n3)c(-c3ccc(F)cc3)nn12. The van der Waals surface area contributed by atoms with E-state index in [1.54, 1.807) is 35.0 Å². The molecule has 8 heteroatoms. The van der Waals surface area contributed by atoms with E-state index in [0.29, 0.717) is 35.3 Å². The van der Waals surface area contributed by atoms with E-state index in [2.05, 4.69) is 10.3 Å². The van der Waals surface area contributed by atoms with Crippen LogP contribution in [0.25, 0.3) is 28.0 Å². The molecule has 0 saturated carbocycles. The number of fused-ring (bicyclic) bond motifs is 1. The number of ether oxygens (including phenoxy) is 1. The van der Waals surface area contributed by atoms with Gasteiger partial charge in [0.2, 0.25) is 11.8 Å². The van der Waals surface area contributed by atoms with Crippen LogP contribution in [0.3, 0.4) is 0 Å². The van der Waals surface area contributed by atoms with Crippen LogP contribution in [0.2, 0.25) is 0 Å². The fourth-order valence-electron chi connectivity index (χ4n) is 3.72. The van der Waals surface area contributed by atoms with Crippen LogP contribution >= 0.6 is 0 Å². The van der Waals surface area contributed by atoms with Crippen LogP contribution in [0.15, 0.2) is 85.1 Å². The van der Waals surface area contributed by atoms with E-state index in [1.807, 2.05) is 42.5 Å². The number of halogens is 2. The Morgan fingerprint density at radius 3 is 2.53 bits per heavy atom. The number of hydrogen-bond acceptors (Lipinski definition) is 5. The van der Waals surface area contributed by atoms with E-state index in [9.17, 15) is 8.78 Å². The third-order valence-corrected chi connectivity index (χ3v) is 5.27. The van der Waals surface area contributed by atoms with Crippen molar-refractivity contribution in [3.8, 4) is 28.4 Å². The van der Waals surface area contributed by atoms with Crippen molar-refractivity contribution in [3.63, 3.8) is 0 Å². The van der Waals surface area contributed by atoms with E-state index in [-0.39, 0.29) is 12.4 Å². The highest BCUT2D eigenvalue weighted by Crippen LogP contribution is 2.36. The predicted octanol–water partition coefficient (Wildman–Crippen LogP) is 5.56. The van der Waals surface area contributed by atoms with E-state index in [4.69, 9.17) is 14.8 Å². The van der Waals surface area contributed by atoms with Gasteiger partial charge in [0.05, 0.1) is 16.8 Å². The number of rotatable bonds is 8. The van der Waals surface area contributed by atoms with E-state index in [1.165, 1.54) is 12.1 Å². The molecule has 5 aromatic rings. The highest BCUT2D eigenvalue weighted by Gasteiger charge is 2.20. The number of alkyl halides is 1. The zero-order valence-corrected chi connectivity index (χ0v) is 18.2. The van der Waals surface area contributed by atoms with Gasteiger partial charge in [0, 0.05) is 24.4 Å². The van der Waals surface area contributed by atoms with Crippen molar-refractivity contribution >= 4 is 11.5 Å². The molecular formula is C26H21F2N5O. The summed E-state index contributed by atoms with van der Waals surface area (Å²) in [6.07, 6.45) is 1.68. The lowest BCUT2D eigenvalue weighted by atomic mass is 10.0. The number of pyridine rings is 1. The zero-order valence-electron chi connectivity index (χ0n) is 18.2. The molecule has 0 amide bonds. The van der Waals surface area contributed by atoms with Gasteiger partial charge in [-0.05, 0) is 42.0 Å². The minimum atomic E-state index is -0.613. The maximum absolute atomic E-state index is 13.6. The Morgan fingerprint density at radius 2 is 1.74 bits per heavy atom. The van der Waals surface area contributed by atoms with Gasteiger partial charge >= 0.3 is 0 Å². The number of nitrogens with one attached hydrogen (secondary N) is 1.